The van der Waals surface area contributed by atoms with Gasteiger partial charge in [-0.2, -0.15) is 0 Å². The number of amides is 1. The van der Waals surface area contributed by atoms with Gasteiger partial charge in [-0.15, -0.1) is 12.4 Å². The molecule has 8 nitrogen and oxygen atoms in total. The molecule has 0 unspecified atom stereocenters. The molecule has 1 amide bonds. The fourth-order valence-electron chi connectivity index (χ4n) is 3.45. The average Bonchev–Trinajstić information content (AvgIpc) is 3.30. The first kappa shape index (κ1) is 27.5. The summed E-state index contributed by atoms with van der Waals surface area (Å²) in [6, 6.07) is 10.9. The monoisotopic (exact) mass is 509 g/mol. The lowest BCUT2D eigenvalue weighted by Crippen LogP contribution is -2.41. The number of hydrogen-bond acceptors (Lipinski definition) is 8. The van der Waals surface area contributed by atoms with E-state index in [0.29, 0.717) is 40.2 Å². The van der Waals surface area contributed by atoms with Gasteiger partial charge in [-0.05, 0) is 37.4 Å². The zero-order chi connectivity index (χ0) is 23.8. The highest BCUT2D eigenvalue weighted by molar-refractivity contribution is 7.22. The van der Waals surface area contributed by atoms with Crippen LogP contribution in [0.15, 0.2) is 36.4 Å². The standard InChI is InChI=1S/C24H31N3O5S.ClH/c1-6-26(7-2)14-15-27(21(28)16-32-18-11-9-8-10-17(18)29-3)24-25-22-19(30-4)12-13-20(31-5)23(22)33-24;/h8-13H,6-7,14-16H2,1-5H3;1H. The summed E-state index contributed by atoms with van der Waals surface area (Å²) in [6.07, 6.45) is 0. The Bertz CT molecular complexity index is 1030. The summed E-state index contributed by atoms with van der Waals surface area (Å²) in [4.78, 5) is 22.0. The second-order valence-electron chi connectivity index (χ2n) is 7.16. The van der Waals surface area contributed by atoms with Gasteiger partial charge in [0, 0.05) is 13.1 Å². The van der Waals surface area contributed by atoms with Gasteiger partial charge in [0.25, 0.3) is 5.91 Å². The molecule has 3 rings (SSSR count). The largest absolute Gasteiger partial charge is 0.495 e. The number of aromatic nitrogens is 1. The topological polar surface area (TPSA) is 73.4 Å². The van der Waals surface area contributed by atoms with Crippen LogP contribution in [0.2, 0.25) is 0 Å². The third-order valence-electron chi connectivity index (χ3n) is 5.39. The normalized spacial score (nSPS) is 10.6. The van der Waals surface area contributed by atoms with Crippen molar-refractivity contribution in [3.63, 3.8) is 0 Å². The summed E-state index contributed by atoms with van der Waals surface area (Å²) in [5.41, 5.74) is 0.670. The van der Waals surface area contributed by atoms with Crippen LogP contribution in [0, 0.1) is 0 Å². The van der Waals surface area contributed by atoms with Crippen molar-refractivity contribution in [1.29, 1.82) is 0 Å². The molecule has 0 saturated heterocycles. The van der Waals surface area contributed by atoms with Crippen LogP contribution in [0.3, 0.4) is 0 Å². The molecule has 34 heavy (non-hydrogen) atoms. The smallest absolute Gasteiger partial charge is 0.266 e. The molecule has 3 aromatic rings. The predicted octanol–water partition coefficient (Wildman–Crippen LogP) is 4.50. The molecule has 0 N–H and O–H groups in total. The molecule has 186 valence electrons. The third kappa shape index (κ3) is 6.22. The van der Waals surface area contributed by atoms with E-state index >= 15 is 0 Å². The van der Waals surface area contributed by atoms with Crippen molar-refractivity contribution in [3.05, 3.63) is 36.4 Å². The van der Waals surface area contributed by atoms with Gasteiger partial charge in [0.05, 0.1) is 21.3 Å². The minimum Gasteiger partial charge on any atom is -0.495 e. The molecular formula is C24H32ClN3O5S. The quantitative estimate of drug-likeness (QED) is 0.356. The highest BCUT2D eigenvalue weighted by Crippen LogP contribution is 2.40. The van der Waals surface area contributed by atoms with Gasteiger partial charge in [0.1, 0.15) is 21.7 Å². The molecule has 0 aliphatic rings. The van der Waals surface area contributed by atoms with Crippen molar-refractivity contribution in [1.82, 2.24) is 9.88 Å². The molecule has 0 spiro atoms. The number of likely N-dealkylation sites (N-methyl/N-ethyl adjacent to an activating group) is 1. The maximum atomic E-state index is 13.3. The summed E-state index contributed by atoms with van der Waals surface area (Å²) in [6.45, 7) is 7.08. The van der Waals surface area contributed by atoms with Crippen LogP contribution in [-0.2, 0) is 4.79 Å². The zero-order valence-electron chi connectivity index (χ0n) is 20.2. The Labute approximate surface area is 210 Å². The highest BCUT2D eigenvalue weighted by atomic mass is 35.5. The van der Waals surface area contributed by atoms with Crippen molar-refractivity contribution in [2.24, 2.45) is 0 Å². The molecule has 0 fully saturated rings. The van der Waals surface area contributed by atoms with Gasteiger partial charge in [-0.25, -0.2) is 4.98 Å². The SMILES string of the molecule is CCN(CC)CCN(C(=O)COc1ccccc1OC)c1nc2c(OC)ccc(OC)c2s1.Cl. The summed E-state index contributed by atoms with van der Waals surface area (Å²) in [7, 11) is 4.79. The first-order valence-corrected chi connectivity index (χ1v) is 11.7. The Morgan fingerprint density at radius 1 is 0.882 bits per heavy atom. The molecule has 0 aliphatic heterocycles. The van der Waals surface area contributed by atoms with Crippen LogP contribution >= 0.6 is 23.7 Å². The van der Waals surface area contributed by atoms with E-state index in [-0.39, 0.29) is 24.9 Å². The van der Waals surface area contributed by atoms with E-state index < -0.39 is 0 Å². The summed E-state index contributed by atoms with van der Waals surface area (Å²) in [5.74, 6) is 2.23. The summed E-state index contributed by atoms with van der Waals surface area (Å²) >= 11 is 1.40. The van der Waals surface area contributed by atoms with Gasteiger partial charge in [-0.1, -0.05) is 37.3 Å². The Balaban J connectivity index is 0.00000408. The average molecular weight is 510 g/mol. The van der Waals surface area contributed by atoms with E-state index in [1.807, 2.05) is 24.3 Å². The van der Waals surface area contributed by atoms with E-state index in [1.165, 1.54) is 11.3 Å². The Hall–Kier alpha value is -2.75. The van der Waals surface area contributed by atoms with Crippen molar-refractivity contribution in [2.75, 3.05) is 59.0 Å². The van der Waals surface area contributed by atoms with Crippen LogP contribution in [0.5, 0.6) is 23.0 Å². The van der Waals surface area contributed by atoms with Crippen LogP contribution in [-0.4, -0.2) is 69.9 Å². The number of carbonyl (C=O) groups excluding carboxylic acids is 1. The number of halogens is 1. The molecule has 2 aromatic carbocycles. The number of carbonyl (C=O) groups is 1. The van der Waals surface area contributed by atoms with Gasteiger partial charge >= 0.3 is 0 Å². The lowest BCUT2D eigenvalue weighted by molar-refractivity contribution is -0.120. The van der Waals surface area contributed by atoms with Gasteiger partial charge in [0.15, 0.2) is 23.2 Å². The molecule has 1 aromatic heterocycles. The number of rotatable bonds is 12. The van der Waals surface area contributed by atoms with Gasteiger partial charge < -0.3 is 23.8 Å². The lowest BCUT2D eigenvalue weighted by Gasteiger charge is -2.24. The van der Waals surface area contributed by atoms with Crippen LogP contribution in [0.25, 0.3) is 10.2 Å². The molecule has 0 aliphatic carbocycles. The third-order valence-corrected chi connectivity index (χ3v) is 6.48. The second-order valence-corrected chi connectivity index (χ2v) is 8.13. The van der Waals surface area contributed by atoms with E-state index in [2.05, 4.69) is 18.7 Å². The summed E-state index contributed by atoms with van der Waals surface area (Å²) in [5, 5.41) is 0.577. The van der Waals surface area contributed by atoms with E-state index in [9.17, 15) is 4.79 Å². The molecule has 1 heterocycles. The van der Waals surface area contributed by atoms with Crippen LogP contribution in [0.4, 0.5) is 5.13 Å². The Kier molecular flexibility index (Phi) is 10.7. The number of ether oxygens (including phenoxy) is 4. The number of thiazole rings is 1. The number of anilines is 1. The molecule has 0 saturated carbocycles. The second kappa shape index (κ2) is 13.2. The van der Waals surface area contributed by atoms with Crippen LogP contribution < -0.4 is 23.8 Å². The Morgan fingerprint density at radius 3 is 2.12 bits per heavy atom. The van der Waals surface area contributed by atoms with Crippen molar-refractivity contribution in [3.8, 4) is 23.0 Å². The molecular weight excluding hydrogens is 478 g/mol. The van der Waals surface area contributed by atoms with Crippen molar-refractivity contribution >= 4 is 45.0 Å². The number of hydrogen-bond donors (Lipinski definition) is 0. The fraction of sp³-hybridized carbons (Fsp3) is 0.417. The van der Waals surface area contributed by atoms with Gasteiger partial charge in [0.2, 0.25) is 0 Å². The lowest BCUT2D eigenvalue weighted by atomic mass is 10.3. The van der Waals surface area contributed by atoms with E-state index in [0.717, 1.165) is 24.3 Å². The number of benzene rings is 2. The van der Waals surface area contributed by atoms with Crippen molar-refractivity contribution < 1.29 is 23.7 Å². The number of methoxy groups -OCH3 is 3. The van der Waals surface area contributed by atoms with Gasteiger partial charge in [-0.3, -0.25) is 9.69 Å². The molecule has 0 atom stereocenters. The number of fused-ring (bicyclic) bond motifs is 1. The first-order valence-electron chi connectivity index (χ1n) is 10.9. The molecule has 0 radical (unpaired) electrons. The zero-order valence-corrected chi connectivity index (χ0v) is 21.8. The maximum Gasteiger partial charge on any atom is 0.266 e. The van der Waals surface area contributed by atoms with E-state index in [1.54, 1.807) is 38.4 Å². The number of para-hydroxylation sites is 2. The summed E-state index contributed by atoms with van der Waals surface area (Å²) < 4.78 is 23.0. The molecule has 10 heteroatoms. The highest BCUT2D eigenvalue weighted by Gasteiger charge is 2.24. The predicted molar refractivity (Wildman–Crippen MR) is 139 cm³/mol. The number of nitrogens with zero attached hydrogens (tertiary/aromatic N) is 3. The Morgan fingerprint density at radius 2 is 1.50 bits per heavy atom. The van der Waals surface area contributed by atoms with E-state index in [4.69, 9.17) is 23.9 Å². The first-order chi connectivity index (χ1) is 16.1. The van der Waals surface area contributed by atoms with Crippen molar-refractivity contribution in [2.45, 2.75) is 13.8 Å². The maximum absolute atomic E-state index is 13.3. The van der Waals surface area contributed by atoms with Crippen LogP contribution in [0.1, 0.15) is 13.8 Å². The minimum absolute atomic E-state index is 0. The minimum atomic E-state index is -0.190. The molecule has 0 bridgehead atoms. The fourth-order valence-corrected chi connectivity index (χ4v) is 4.57.